The van der Waals surface area contributed by atoms with Crippen LogP contribution in [-0.2, 0) is 6.54 Å². The second-order valence-electron chi connectivity index (χ2n) is 6.06. The number of carbonyl (C=O) groups is 2. The lowest BCUT2D eigenvalue weighted by molar-refractivity contribution is 0.103. The number of amides is 1. The number of ketones is 1. The van der Waals surface area contributed by atoms with Crippen LogP contribution in [0.5, 0.6) is 0 Å². The van der Waals surface area contributed by atoms with E-state index in [4.69, 9.17) is 5.73 Å². The maximum Gasteiger partial charge on any atom is 0.328 e. The van der Waals surface area contributed by atoms with Crippen LogP contribution in [0.25, 0.3) is 10.9 Å². The fourth-order valence-electron chi connectivity index (χ4n) is 2.80. The number of carbonyl (C=O) groups excluding carboxylic acids is 2. The number of benzene rings is 2. The highest BCUT2D eigenvalue weighted by atomic mass is 79.9. The molecule has 0 aliphatic rings. The molecule has 1 heterocycles. The van der Waals surface area contributed by atoms with E-state index in [2.05, 4.69) is 15.9 Å². The number of hydrogen-bond donors (Lipinski definition) is 1. The molecular weight excluding hydrogens is 401 g/mol. The minimum absolute atomic E-state index is 0.0580. The van der Waals surface area contributed by atoms with E-state index < -0.39 is 5.82 Å². The Bertz CT molecular complexity index is 1030. The first-order valence-electron chi connectivity index (χ1n) is 7.89. The summed E-state index contributed by atoms with van der Waals surface area (Å²) in [6.07, 6.45) is 1.49. The molecule has 2 aromatic carbocycles. The van der Waals surface area contributed by atoms with E-state index in [9.17, 15) is 14.0 Å². The van der Waals surface area contributed by atoms with Gasteiger partial charge in [0.15, 0.2) is 5.78 Å². The first-order chi connectivity index (χ1) is 12.3. The number of hydrogen-bond acceptors (Lipinski definition) is 3. The summed E-state index contributed by atoms with van der Waals surface area (Å²) < 4.78 is 16.1. The molecule has 1 amide bonds. The number of nitrogens with zero attached hydrogens (tertiary/aromatic N) is 2. The van der Waals surface area contributed by atoms with Gasteiger partial charge in [-0.05, 0) is 18.2 Å². The van der Waals surface area contributed by atoms with Crippen LogP contribution in [-0.4, -0.2) is 35.4 Å². The van der Waals surface area contributed by atoms with Gasteiger partial charge in [0.1, 0.15) is 5.82 Å². The van der Waals surface area contributed by atoms with Crippen LogP contribution in [0.2, 0.25) is 0 Å². The largest absolute Gasteiger partial charge is 0.330 e. The van der Waals surface area contributed by atoms with Gasteiger partial charge < -0.3 is 10.6 Å². The highest BCUT2D eigenvalue weighted by molar-refractivity contribution is 9.10. The maximum absolute atomic E-state index is 14.1. The lowest BCUT2D eigenvalue weighted by Gasteiger charge is -2.11. The van der Waals surface area contributed by atoms with Crippen molar-refractivity contribution >= 4 is 38.6 Å². The molecule has 3 rings (SSSR count). The molecule has 5 nitrogen and oxygen atoms in total. The predicted molar refractivity (Wildman–Crippen MR) is 102 cm³/mol. The minimum atomic E-state index is -0.523. The molecule has 0 aliphatic heterocycles. The molecular formula is C19H17BrFN3O2. The highest BCUT2D eigenvalue weighted by Crippen LogP contribution is 2.31. The zero-order valence-corrected chi connectivity index (χ0v) is 15.9. The summed E-state index contributed by atoms with van der Waals surface area (Å²) in [5, 5.41) is 0.607. The number of fused-ring (bicyclic) bond motifs is 1. The Morgan fingerprint density at radius 1 is 1.23 bits per heavy atom. The number of rotatable bonds is 3. The Morgan fingerprint density at radius 2 is 1.96 bits per heavy atom. The third kappa shape index (κ3) is 3.04. The van der Waals surface area contributed by atoms with Crippen LogP contribution in [0.1, 0.15) is 21.5 Å². The molecule has 0 aliphatic carbocycles. The Kier molecular flexibility index (Phi) is 4.93. The summed E-state index contributed by atoms with van der Waals surface area (Å²) in [5.41, 5.74) is 6.93. The van der Waals surface area contributed by atoms with Crippen molar-refractivity contribution in [2.75, 3.05) is 14.1 Å². The Balaban J connectivity index is 2.20. The molecule has 0 fully saturated rings. The van der Waals surface area contributed by atoms with Gasteiger partial charge in [-0.15, -0.1) is 0 Å². The van der Waals surface area contributed by atoms with Crippen molar-refractivity contribution < 1.29 is 14.0 Å². The van der Waals surface area contributed by atoms with Gasteiger partial charge in [0, 0.05) is 53.4 Å². The standard InChI is InChI=1S/C19H17BrFN3O2/c1-23(2)19(26)24-10-13(17-14(20)4-3-5-16(17)24)18(25)11-6-7-12(9-22)15(21)8-11/h3-8,10H,9,22H2,1-2H3. The Morgan fingerprint density at radius 3 is 2.58 bits per heavy atom. The van der Waals surface area contributed by atoms with Crippen LogP contribution in [0.15, 0.2) is 47.1 Å². The average molecular weight is 418 g/mol. The minimum Gasteiger partial charge on any atom is -0.330 e. The van der Waals surface area contributed by atoms with Gasteiger partial charge in [0.05, 0.1) is 5.52 Å². The normalized spacial score (nSPS) is 11.0. The topological polar surface area (TPSA) is 68.3 Å². The molecule has 2 N–H and O–H groups in total. The zero-order chi connectivity index (χ0) is 19.0. The average Bonchev–Trinajstić information content (AvgIpc) is 3.01. The summed E-state index contributed by atoms with van der Waals surface area (Å²) in [6, 6.07) is 9.28. The molecule has 0 saturated carbocycles. The lowest BCUT2D eigenvalue weighted by atomic mass is 10.0. The molecule has 3 aromatic rings. The SMILES string of the molecule is CN(C)C(=O)n1cc(C(=O)c2ccc(CN)c(F)c2)c2c(Br)cccc21. The van der Waals surface area contributed by atoms with Crippen LogP contribution < -0.4 is 5.73 Å². The van der Waals surface area contributed by atoms with Gasteiger partial charge in [-0.1, -0.05) is 34.1 Å². The van der Waals surface area contributed by atoms with Crippen molar-refractivity contribution in [3.05, 3.63) is 69.6 Å². The zero-order valence-electron chi connectivity index (χ0n) is 14.3. The second kappa shape index (κ2) is 7.01. The van der Waals surface area contributed by atoms with E-state index in [1.165, 1.54) is 27.8 Å². The van der Waals surface area contributed by atoms with Crippen LogP contribution in [0, 0.1) is 5.82 Å². The van der Waals surface area contributed by atoms with Gasteiger partial charge in [-0.2, -0.15) is 0 Å². The molecule has 0 radical (unpaired) electrons. The van der Waals surface area contributed by atoms with E-state index in [-0.39, 0.29) is 23.9 Å². The monoisotopic (exact) mass is 417 g/mol. The molecule has 0 saturated heterocycles. The number of nitrogens with two attached hydrogens (primary N) is 1. The first kappa shape index (κ1) is 18.3. The van der Waals surface area contributed by atoms with Crippen molar-refractivity contribution in [1.29, 1.82) is 0 Å². The summed E-state index contributed by atoms with van der Waals surface area (Å²) >= 11 is 3.44. The van der Waals surface area contributed by atoms with Crippen molar-refractivity contribution in [2.24, 2.45) is 5.73 Å². The maximum atomic E-state index is 14.1. The van der Waals surface area contributed by atoms with E-state index >= 15 is 0 Å². The van der Waals surface area contributed by atoms with Crippen LogP contribution in [0.4, 0.5) is 9.18 Å². The highest BCUT2D eigenvalue weighted by Gasteiger charge is 2.22. The first-order valence-corrected chi connectivity index (χ1v) is 8.69. The summed E-state index contributed by atoms with van der Waals surface area (Å²) in [6.45, 7) is 0.0580. The van der Waals surface area contributed by atoms with Crippen LogP contribution in [0.3, 0.4) is 0 Å². The van der Waals surface area contributed by atoms with Crippen LogP contribution >= 0.6 is 15.9 Å². The summed E-state index contributed by atoms with van der Waals surface area (Å²) in [7, 11) is 3.27. The Labute approximate surface area is 158 Å². The van der Waals surface area contributed by atoms with Crippen molar-refractivity contribution in [3.63, 3.8) is 0 Å². The van der Waals surface area contributed by atoms with Gasteiger partial charge in [-0.25, -0.2) is 9.18 Å². The van der Waals surface area contributed by atoms with Crippen molar-refractivity contribution in [3.8, 4) is 0 Å². The summed E-state index contributed by atoms with van der Waals surface area (Å²) in [4.78, 5) is 26.9. The Hall–Kier alpha value is -2.51. The van der Waals surface area contributed by atoms with Gasteiger partial charge in [0.2, 0.25) is 0 Å². The molecule has 7 heteroatoms. The molecule has 1 aromatic heterocycles. The van der Waals surface area contributed by atoms with Gasteiger partial charge in [0.25, 0.3) is 0 Å². The molecule has 0 spiro atoms. The fourth-order valence-corrected chi connectivity index (χ4v) is 3.37. The van der Waals surface area contributed by atoms with E-state index in [1.54, 1.807) is 38.4 Å². The summed E-state index contributed by atoms with van der Waals surface area (Å²) in [5.74, 6) is -0.889. The second-order valence-corrected chi connectivity index (χ2v) is 6.92. The third-order valence-corrected chi connectivity index (χ3v) is 4.81. The smallest absolute Gasteiger partial charge is 0.328 e. The predicted octanol–water partition coefficient (Wildman–Crippen LogP) is 3.76. The number of halogens is 2. The van der Waals surface area contributed by atoms with E-state index in [0.29, 0.717) is 26.5 Å². The quantitative estimate of drug-likeness (QED) is 0.659. The van der Waals surface area contributed by atoms with Gasteiger partial charge in [-0.3, -0.25) is 9.36 Å². The fraction of sp³-hybridized carbons (Fsp3) is 0.158. The lowest BCUT2D eigenvalue weighted by Crippen LogP contribution is -2.26. The van der Waals surface area contributed by atoms with Crippen molar-refractivity contribution in [1.82, 2.24) is 9.47 Å². The molecule has 26 heavy (non-hydrogen) atoms. The molecule has 0 atom stereocenters. The number of aromatic nitrogens is 1. The van der Waals surface area contributed by atoms with E-state index in [0.717, 1.165) is 0 Å². The van der Waals surface area contributed by atoms with Crippen molar-refractivity contribution in [2.45, 2.75) is 6.54 Å². The third-order valence-electron chi connectivity index (χ3n) is 4.15. The molecule has 0 unspecified atom stereocenters. The molecule has 134 valence electrons. The van der Waals surface area contributed by atoms with Gasteiger partial charge >= 0.3 is 6.03 Å². The molecule has 0 bridgehead atoms. The van der Waals surface area contributed by atoms with E-state index in [1.807, 2.05) is 0 Å².